The first-order valence-electron chi connectivity index (χ1n) is 7.26. The summed E-state index contributed by atoms with van der Waals surface area (Å²) in [4.78, 5) is 4.40. The predicted octanol–water partition coefficient (Wildman–Crippen LogP) is 1.84. The van der Waals surface area contributed by atoms with Gasteiger partial charge in [0.05, 0.1) is 0 Å². The molecule has 0 bridgehead atoms. The number of imidazole rings is 1. The van der Waals surface area contributed by atoms with Gasteiger partial charge in [-0.2, -0.15) is 0 Å². The molecule has 0 aliphatic heterocycles. The Labute approximate surface area is 124 Å². The Morgan fingerprint density at radius 1 is 1.43 bits per heavy atom. The number of nitrogens with one attached hydrogen (secondary N) is 2. The smallest absolute Gasteiger partial charge is 0.260 e. The molecule has 114 valence electrons. The highest BCUT2D eigenvalue weighted by molar-refractivity contribution is 7.89. The van der Waals surface area contributed by atoms with Crippen LogP contribution in [-0.4, -0.2) is 30.4 Å². The molecule has 2 atom stereocenters. The Morgan fingerprint density at radius 3 is 2.86 bits per heavy atom. The molecular formula is C14H20N4O2S. The van der Waals surface area contributed by atoms with Crippen LogP contribution in [0.15, 0.2) is 29.4 Å². The van der Waals surface area contributed by atoms with E-state index in [1.54, 1.807) is 22.7 Å². The summed E-state index contributed by atoms with van der Waals surface area (Å²) in [7, 11) is -3.59. The second kappa shape index (κ2) is 5.31. The minimum absolute atomic E-state index is 0.0447. The molecule has 2 unspecified atom stereocenters. The fourth-order valence-corrected chi connectivity index (χ4v) is 3.95. The monoisotopic (exact) mass is 308 g/mol. The maximum Gasteiger partial charge on any atom is 0.260 e. The predicted molar refractivity (Wildman–Crippen MR) is 81.9 cm³/mol. The Hall–Kier alpha value is -1.60. The van der Waals surface area contributed by atoms with E-state index in [0.717, 1.165) is 12.8 Å². The number of pyridine rings is 1. The van der Waals surface area contributed by atoms with Crippen LogP contribution in [0.1, 0.15) is 26.7 Å². The summed E-state index contributed by atoms with van der Waals surface area (Å²) in [6, 6.07) is 5.49. The lowest BCUT2D eigenvalue weighted by molar-refractivity contribution is 0.573. The van der Waals surface area contributed by atoms with Crippen molar-refractivity contribution in [2.24, 2.45) is 5.92 Å². The molecule has 0 spiro atoms. The largest absolute Gasteiger partial charge is 0.368 e. The quantitative estimate of drug-likeness (QED) is 0.854. The van der Waals surface area contributed by atoms with E-state index in [1.807, 2.05) is 19.9 Å². The standard InChI is InChI=1S/C14H20N4O2S/c1-3-7-15-13-14(18-8-5-4-6-12(18)16-13)21(19,20)17-11-9-10(11)2/h4-6,8,10-11,15,17H,3,7,9H2,1-2H3. The Balaban J connectivity index is 2.05. The molecule has 1 saturated carbocycles. The summed E-state index contributed by atoms with van der Waals surface area (Å²) in [6.45, 7) is 4.76. The summed E-state index contributed by atoms with van der Waals surface area (Å²) < 4.78 is 29.7. The topological polar surface area (TPSA) is 75.5 Å². The van der Waals surface area contributed by atoms with Crippen molar-refractivity contribution in [1.82, 2.24) is 14.1 Å². The van der Waals surface area contributed by atoms with Crippen LogP contribution >= 0.6 is 0 Å². The third-order valence-corrected chi connectivity index (χ3v) is 5.21. The Kier molecular flexibility index (Phi) is 3.62. The number of aromatic nitrogens is 2. The van der Waals surface area contributed by atoms with Crippen LogP contribution in [0.3, 0.4) is 0 Å². The summed E-state index contributed by atoms with van der Waals surface area (Å²) in [5.74, 6) is 0.829. The first-order chi connectivity index (χ1) is 10.0. The SMILES string of the molecule is CCCNc1nc2ccccn2c1S(=O)(=O)NC1CC1C. The molecule has 0 aromatic carbocycles. The molecule has 2 N–H and O–H groups in total. The fraction of sp³-hybridized carbons (Fsp3) is 0.500. The van der Waals surface area contributed by atoms with Crippen LogP contribution in [-0.2, 0) is 10.0 Å². The molecule has 0 saturated heterocycles. The van der Waals surface area contributed by atoms with E-state index in [9.17, 15) is 8.42 Å². The highest BCUT2D eigenvalue weighted by Gasteiger charge is 2.38. The van der Waals surface area contributed by atoms with Gasteiger partial charge in [-0.05, 0) is 30.9 Å². The molecule has 7 heteroatoms. The molecule has 0 amide bonds. The van der Waals surface area contributed by atoms with Crippen molar-refractivity contribution in [1.29, 1.82) is 0 Å². The Bertz CT molecular complexity index is 753. The maximum atomic E-state index is 12.7. The average Bonchev–Trinajstić information content (AvgIpc) is 3.00. The second-order valence-corrected chi connectivity index (χ2v) is 7.19. The molecule has 1 fully saturated rings. The van der Waals surface area contributed by atoms with Gasteiger partial charge in [-0.1, -0.05) is 19.9 Å². The number of nitrogens with zero attached hydrogens (tertiary/aromatic N) is 2. The van der Waals surface area contributed by atoms with Crippen LogP contribution in [0.2, 0.25) is 0 Å². The van der Waals surface area contributed by atoms with Gasteiger partial charge >= 0.3 is 0 Å². The minimum Gasteiger partial charge on any atom is -0.368 e. The lowest BCUT2D eigenvalue weighted by Crippen LogP contribution is -2.28. The van der Waals surface area contributed by atoms with Crippen molar-refractivity contribution in [2.45, 2.75) is 37.8 Å². The zero-order valence-electron chi connectivity index (χ0n) is 12.2. The third-order valence-electron chi connectivity index (χ3n) is 3.70. The fourth-order valence-electron chi connectivity index (χ4n) is 2.33. The van der Waals surface area contributed by atoms with E-state index in [-0.39, 0.29) is 11.1 Å². The molecule has 0 radical (unpaired) electrons. The number of hydrogen-bond acceptors (Lipinski definition) is 4. The molecule has 2 aromatic heterocycles. The highest BCUT2D eigenvalue weighted by atomic mass is 32.2. The van der Waals surface area contributed by atoms with Crippen molar-refractivity contribution in [2.75, 3.05) is 11.9 Å². The molecular weight excluding hydrogens is 288 g/mol. The van der Waals surface area contributed by atoms with E-state index in [4.69, 9.17) is 0 Å². The number of fused-ring (bicyclic) bond motifs is 1. The van der Waals surface area contributed by atoms with Gasteiger partial charge in [0.25, 0.3) is 10.0 Å². The first kappa shape index (κ1) is 14.3. The van der Waals surface area contributed by atoms with E-state index in [0.29, 0.717) is 23.9 Å². The zero-order chi connectivity index (χ0) is 15.0. The van der Waals surface area contributed by atoms with Crippen molar-refractivity contribution in [3.63, 3.8) is 0 Å². The van der Waals surface area contributed by atoms with Crippen molar-refractivity contribution in [3.05, 3.63) is 24.4 Å². The number of anilines is 1. The van der Waals surface area contributed by atoms with Gasteiger partial charge in [0.2, 0.25) is 0 Å². The average molecular weight is 308 g/mol. The number of hydrogen-bond donors (Lipinski definition) is 2. The van der Waals surface area contributed by atoms with E-state index < -0.39 is 10.0 Å². The van der Waals surface area contributed by atoms with Crippen LogP contribution in [0, 0.1) is 5.92 Å². The van der Waals surface area contributed by atoms with Crippen molar-refractivity contribution < 1.29 is 8.42 Å². The van der Waals surface area contributed by atoms with Gasteiger partial charge in [-0.15, -0.1) is 0 Å². The van der Waals surface area contributed by atoms with Gasteiger partial charge in [0.1, 0.15) is 5.65 Å². The molecule has 1 aliphatic rings. The highest BCUT2D eigenvalue weighted by Crippen LogP contribution is 2.32. The number of rotatable bonds is 6. The second-order valence-electron chi connectivity index (χ2n) is 5.56. The van der Waals surface area contributed by atoms with E-state index in [1.165, 1.54) is 0 Å². The van der Waals surface area contributed by atoms with Gasteiger partial charge in [0, 0.05) is 18.8 Å². The van der Waals surface area contributed by atoms with E-state index >= 15 is 0 Å². The van der Waals surface area contributed by atoms with Crippen LogP contribution in [0.4, 0.5) is 5.82 Å². The first-order valence-corrected chi connectivity index (χ1v) is 8.74. The lowest BCUT2D eigenvalue weighted by Gasteiger charge is -2.09. The molecule has 1 aliphatic carbocycles. The van der Waals surface area contributed by atoms with Gasteiger partial charge < -0.3 is 5.32 Å². The van der Waals surface area contributed by atoms with Crippen molar-refractivity contribution >= 4 is 21.5 Å². The minimum atomic E-state index is -3.59. The van der Waals surface area contributed by atoms with Gasteiger partial charge in [0.15, 0.2) is 10.8 Å². The van der Waals surface area contributed by atoms with Crippen LogP contribution in [0.25, 0.3) is 5.65 Å². The van der Waals surface area contributed by atoms with Crippen LogP contribution in [0.5, 0.6) is 0 Å². The number of sulfonamides is 1. The summed E-state index contributed by atoms with van der Waals surface area (Å²) in [5, 5.41) is 3.31. The molecule has 2 heterocycles. The maximum absolute atomic E-state index is 12.7. The summed E-state index contributed by atoms with van der Waals surface area (Å²) in [6.07, 6.45) is 3.53. The molecule has 2 aromatic rings. The summed E-state index contributed by atoms with van der Waals surface area (Å²) >= 11 is 0. The van der Waals surface area contributed by atoms with Crippen LogP contribution < -0.4 is 10.0 Å². The normalized spacial score (nSPS) is 21.6. The van der Waals surface area contributed by atoms with Crippen molar-refractivity contribution in [3.8, 4) is 0 Å². The van der Waals surface area contributed by atoms with E-state index in [2.05, 4.69) is 15.0 Å². The third kappa shape index (κ3) is 2.75. The molecule has 3 rings (SSSR count). The van der Waals surface area contributed by atoms with Gasteiger partial charge in [-0.25, -0.2) is 18.1 Å². The molecule has 6 nitrogen and oxygen atoms in total. The lowest BCUT2D eigenvalue weighted by atomic mass is 10.5. The zero-order valence-corrected chi connectivity index (χ0v) is 13.0. The Morgan fingerprint density at radius 2 is 2.19 bits per heavy atom. The molecule has 21 heavy (non-hydrogen) atoms. The summed E-state index contributed by atoms with van der Waals surface area (Å²) in [5.41, 5.74) is 0.625. The van der Waals surface area contributed by atoms with Gasteiger partial charge in [-0.3, -0.25) is 4.40 Å².